The van der Waals surface area contributed by atoms with E-state index in [0.717, 1.165) is 16.8 Å². The Morgan fingerprint density at radius 2 is 1.86 bits per heavy atom. The molecule has 0 saturated carbocycles. The molecule has 0 fully saturated rings. The number of aryl methyl sites for hydroxylation is 1. The van der Waals surface area contributed by atoms with Crippen molar-refractivity contribution in [2.75, 3.05) is 13.7 Å². The van der Waals surface area contributed by atoms with Gasteiger partial charge in [0.1, 0.15) is 23.4 Å². The lowest BCUT2D eigenvalue weighted by molar-refractivity contribution is -0.119. The van der Waals surface area contributed by atoms with Crippen molar-refractivity contribution in [1.29, 1.82) is 0 Å². The fourth-order valence-corrected chi connectivity index (χ4v) is 5.05. The van der Waals surface area contributed by atoms with E-state index in [-0.39, 0.29) is 36.5 Å². The summed E-state index contributed by atoms with van der Waals surface area (Å²) in [5.74, 6) is 1.51. The van der Waals surface area contributed by atoms with Crippen molar-refractivity contribution in [2.24, 2.45) is 4.99 Å². The molecule has 1 aliphatic heterocycles. The Bertz CT molecular complexity index is 1650. The largest absolute Gasteiger partial charge is 0.497 e. The van der Waals surface area contributed by atoms with E-state index in [1.807, 2.05) is 41.8 Å². The van der Waals surface area contributed by atoms with Crippen molar-refractivity contribution >= 4 is 41.6 Å². The van der Waals surface area contributed by atoms with E-state index in [1.165, 1.54) is 12.1 Å². The van der Waals surface area contributed by atoms with Gasteiger partial charge < -0.3 is 20.1 Å². The third kappa shape index (κ3) is 6.28. The topological polar surface area (TPSA) is 139 Å². The molecule has 1 aromatic heterocycles. The van der Waals surface area contributed by atoms with Crippen LogP contribution in [0.5, 0.6) is 5.75 Å². The van der Waals surface area contributed by atoms with E-state index in [2.05, 4.69) is 15.5 Å². The number of hydrogen-bond donors (Lipinski definition) is 3. The number of methoxy groups -OCH3 is 1. The average molecular weight is 586 g/mol. The molecule has 0 aliphatic carbocycles. The Kier molecular flexibility index (Phi) is 8.82. The van der Waals surface area contributed by atoms with E-state index >= 15 is 0 Å². The zero-order valence-electron chi connectivity index (χ0n) is 23.1. The molecule has 42 heavy (non-hydrogen) atoms. The van der Waals surface area contributed by atoms with E-state index in [1.54, 1.807) is 31.4 Å². The third-order valence-electron chi connectivity index (χ3n) is 7.04. The lowest BCUT2D eigenvalue weighted by Gasteiger charge is -2.14. The number of ether oxygens (including phenoxy) is 1. The van der Waals surface area contributed by atoms with Crippen molar-refractivity contribution in [1.82, 2.24) is 20.1 Å². The summed E-state index contributed by atoms with van der Waals surface area (Å²) in [5.41, 5.74) is 3.70. The number of rotatable bonds is 10. The second-order valence-corrected chi connectivity index (χ2v) is 10.4. The van der Waals surface area contributed by atoms with Crippen LogP contribution in [0.4, 0.5) is 0 Å². The molecule has 0 radical (unpaired) electrons. The summed E-state index contributed by atoms with van der Waals surface area (Å²) in [4.78, 5) is 30.8. The molecule has 5 rings (SSSR count). The molecular formula is C30H29BClN5O5. The number of Topliss-reactive ketones (excluding diaryl/α,β-unsaturated/α-hetero) is 1. The number of aliphatic imine (C=N–C) groups is 1. The Hall–Kier alpha value is -4.32. The van der Waals surface area contributed by atoms with Crippen LogP contribution in [0.25, 0.3) is 5.69 Å². The molecule has 1 amide bonds. The van der Waals surface area contributed by atoms with Crippen LogP contribution >= 0.6 is 11.6 Å². The smallest absolute Gasteiger partial charge is 0.488 e. The maximum Gasteiger partial charge on any atom is 0.488 e. The Balaban J connectivity index is 1.35. The molecule has 0 bridgehead atoms. The van der Waals surface area contributed by atoms with Crippen molar-refractivity contribution < 1.29 is 24.4 Å². The van der Waals surface area contributed by atoms with Crippen LogP contribution < -0.4 is 15.5 Å². The highest BCUT2D eigenvalue weighted by Gasteiger charge is 2.30. The van der Waals surface area contributed by atoms with Crippen LogP contribution in [0.2, 0.25) is 5.02 Å². The van der Waals surface area contributed by atoms with Gasteiger partial charge in [-0.2, -0.15) is 0 Å². The minimum atomic E-state index is -1.66. The molecule has 1 atom stereocenters. The molecular weight excluding hydrogens is 557 g/mol. The van der Waals surface area contributed by atoms with Gasteiger partial charge in [-0.15, -0.1) is 10.2 Å². The number of carbonyl (C=O) groups excluding carboxylic acids is 2. The minimum absolute atomic E-state index is 0.0328. The molecule has 0 spiro atoms. The third-order valence-corrected chi connectivity index (χ3v) is 7.29. The average Bonchev–Trinajstić information content (AvgIpc) is 3.32. The summed E-state index contributed by atoms with van der Waals surface area (Å²) < 4.78 is 7.44. The maximum absolute atomic E-state index is 13.2. The number of fused-ring (bicyclic) bond motifs is 3. The predicted molar refractivity (Wildman–Crippen MR) is 160 cm³/mol. The Labute approximate surface area is 248 Å². The van der Waals surface area contributed by atoms with Gasteiger partial charge in [-0.25, -0.2) is 0 Å². The number of carbonyl (C=O) groups is 2. The molecule has 0 saturated heterocycles. The molecule has 1 aliphatic rings. The highest BCUT2D eigenvalue weighted by atomic mass is 35.5. The molecule has 3 aromatic carbocycles. The Morgan fingerprint density at radius 3 is 2.60 bits per heavy atom. The van der Waals surface area contributed by atoms with Gasteiger partial charge in [0, 0.05) is 41.1 Å². The van der Waals surface area contributed by atoms with Crippen LogP contribution in [-0.4, -0.2) is 63.0 Å². The van der Waals surface area contributed by atoms with Crippen LogP contribution in [0.1, 0.15) is 58.4 Å². The maximum atomic E-state index is 13.2. The fourth-order valence-electron chi connectivity index (χ4n) is 4.92. The highest BCUT2D eigenvalue weighted by Crippen LogP contribution is 2.34. The second kappa shape index (κ2) is 12.7. The van der Waals surface area contributed by atoms with Gasteiger partial charge in [0.25, 0.3) is 5.91 Å². The van der Waals surface area contributed by atoms with Gasteiger partial charge in [-0.1, -0.05) is 35.9 Å². The van der Waals surface area contributed by atoms with E-state index in [0.29, 0.717) is 40.1 Å². The van der Waals surface area contributed by atoms with Crippen LogP contribution in [0, 0.1) is 6.92 Å². The molecule has 214 valence electrons. The number of benzene rings is 3. The number of halogens is 1. The monoisotopic (exact) mass is 585 g/mol. The van der Waals surface area contributed by atoms with E-state index in [9.17, 15) is 19.6 Å². The highest BCUT2D eigenvalue weighted by molar-refractivity contribution is 6.58. The van der Waals surface area contributed by atoms with E-state index in [4.69, 9.17) is 21.3 Å². The van der Waals surface area contributed by atoms with Gasteiger partial charge >= 0.3 is 7.12 Å². The van der Waals surface area contributed by atoms with Gasteiger partial charge in [0.2, 0.25) is 0 Å². The number of aromatic nitrogens is 3. The van der Waals surface area contributed by atoms with Crippen LogP contribution in [0.15, 0.2) is 71.7 Å². The lowest BCUT2D eigenvalue weighted by atomic mass is 9.79. The first-order valence-electron chi connectivity index (χ1n) is 13.5. The number of ketones is 1. The number of nitrogens with zero attached hydrogens (tertiary/aromatic N) is 4. The van der Waals surface area contributed by atoms with Crippen molar-refractivity contribution in [3.8, 4) is 11.4 Å². The summed E-state index contributed by atoms with van der Waals surface area (Å²) in [5, 5.41) is 30.8. The van der Waals surface area contributed by atoms with E-state index < -0.39 is 13.2 Å². The zero-order chi connectivity index (χ0) is 29.8. The quantitative estimate of drug-likeness (QED) is 0.192. The minimum Gasteiger partial charge on any atom is -0.497 e. The summed E-state index contributed by atoms with van der Waals surface area (Å²) in [7, 11) is -0.0559. The predicted octanol–water partition coefficient (Wildman–Crippen LogP) is 2.98. The van der Waals surface area contributed by atoms with Crippen LogP contribution in [0.3, 0.4) is 0 Å². The van der Waals surface area contributed by atoms with Crippen LogP contribution in [-0.2, 0) is 4.79 Å². The summed E-state index contributed by atoms with van der Waals surface area (Å²) in [6.45, 7) is 2.14. The number of amides is 1. The zero-order valence-corrected chi connectivity index (χ0v) is 23.9. The molecule has 0 unspecified atom stereocenters. The summed E-state index contributed by atoms with van der Waals surface area (Å²) in [6, 6.07) is 18.6. The first-order chi connectivity index (χ1) is 20.2. The standard InChI is InChI=1S/C30H29BClN5O5/c1-18-35-36-29-26(16-23(38)7-4-14-33-30(39)20-5-3-6-21(15-20)31(40)41)34-28(19-8-10-22(32)11-9-19)25-17-24(42-2)12-13-27(25)37(18)29/h3,5-6,8-13,15,17,26,40-41H,4,7,14,16H2,1-2H3,(H,33,39)/t26-/m0/s1. The summed E-state index contributed by atoms with van der Waals surface area (Å²) >= 11 is 6.17. The number of hydrogen-bond acceptors (Lipinski definition) is 8. The molecule has 3 N–H and O–H groups in total. The molecule has 10 nitrogen and oxygen atoms in total. The molecule has 4 aromatic rings. The first kappa shape index (κ1) is 29.2. The first-order valence-corrected chi connectivity index (χ1v) is 13.8. The SMILES string of the molecule is COc1ccc2c(c1)C(c1ccc(Cl)cc1)=N[C@@H](CC(=O)CCCNC(=O)c1cccc(B(O)O)c1)c1nnc(C)n1-2. The van der Waals surface area contributed by atoms with Crippen molar-refractivity contribution in [3.05, 3.63) is 100 Å². The van der Waals surface area contributed by atoms with Gasteiger partial charge in [0.05, 0.1) is 18.5 Å². The summed E-state index contributed by atoms with van der Waals surface area (Å²) in [6.07, 6.45) is 0.757. The Morgan fingerprint density at radius 1 is 1.07 bits per heavy atom. The normalized spacial score (nSPS) is 13.8. The van der Waals surface area contributed by atoms with Crippen molar-refractivity contribution in [2.45, 2.75) is 32.2 Å². The van der Waals surface area contributed by atoms with Gasteiger partial charge in [-0.05, 0) is 61.3 Å². The fraction of sp³-hybridized carbons (Fsp3) is 0.233. The number of nitrogens with one attached hydrogen (secondary N) is 1. The lowest BCUT2D eigenvalue weighted by Crippen LogP contribution is -2.32. The second-order valence-electron chi connectivity index (χ2n) is 9.93. The van der Waals surface area contributed by atoms with Gasteiger partial charge in [0.15, 0.2) is 5.82 Å². The molecule has 12 heteroatoms. The van der Waals surface area contributed by atoms with Crippen molar-refractivity contribution in [3.63, 3.8) is 0 Å². The molecule has 2 heterocycles. The van der Waals surface area contributed by atoms with Gasteiger partial charge in [-0.3, -0.25) is 19.1 Å².